The third-order valence-corrected chi connectivity index (χ3v) is 10.1. The standard InChI is InChI=1S/C35H39BrN2O3S/c1-2-40-31-21-24(20-30(36)33(31)41-23-26-14-11-13-25-12-9-10-19-29(25)26)22-32-34(39)38(28-17-7-4-8-18-28)35(42-32)37-27-15-5-3-6-16-27/h9-14,19-22,27-28H,2-8,15-18,23H2,1H3. The molecule has 0 radical (unpaired) electrons. The van der Waals surface area contributed by atoms with E-state index in [1.165, 1.54) is 49.3 Å². The van der Waals surface area contributed by atoms with Crippen molar-refractivity contribution in [3.63, 3.8) is 0 Å². The molecule has 7 heteroatoms. The largest absolute Gasteiger partial charge is 0.490 e. The number of amides is 1. The van der Waals surface area contributed by atoms with E-state index in [0.29, 0.717) is 30.8 Å². The van der Waals surface area contributed by atoms with Crippen LogP contribution in [0.1, 0.15) is 82.3 Å². The Labute approximate surface area is 261 Å². The van der Waals surface area contributed by atoms with Crippen LogP contribution in [0.4, 0.5) is 0 Å². The van der Waals surface area contributed by atoms with Crippen LogP contribution in [-0.4, -0.2) is 34.7 Å². The molecule has 1 saturated heterocycles. The van der Waals surface area contributed by atoms with Gasteiger partial charge in [0.15, 0.2) is 16.7 Å². The Balaban J connectivity index is 1.27. The summed E-state index contributed by atoms with van der Waals surface area (Å²) in [7, 11) is 0. The zero-order chi connectivity index (χ0) is 28.9. The molecular formula is C35H39BrN2O3S. The SMILES string of the molecule is CCOc1cc(C=C2SC(=NC3CCCCC3)N(C3CCCCC3)C2=O)cc(Br)c1OCc1cccc2ccccc12. The fraction of sp³-hybridized carbons (Fsp3) is 0.429. The van der Waals surface area contributed by atoms with E-state index in [1.54, 1.807) is 11.8 Å². The third kappa shape index (κ3) is 6.57. The predicted molar refractivity (Wildman–Crippen MR) is 177 cm³/mol. The molecule has 0 N–H and O–H groups in total. The van der Waals surface area contributed by atoms with Gasteiger partial charge in [-0.3, -0.25) is 14.7 Å². The van der Waals surface area contributed by atoms with Gasteiger partial charge in [-0.25, -0.2) is 0 Å². The van der Waals surface area contributed by atoms with Crippen molar-refractivity contribution in [2.75, 3.05) is 6.61 Å². The minimum atomic E-state index is 0.0897. The van der Waals surface area contributed by atoms with Crippen LogP contribution < -0.4 is 9.47 Å². The Morgan fingerprint density at radius 1 is 0.952 bits per heavy atom. The Bertz CT molecular complexity index is 1490. The van der Waals surface area contributed by atoms with Gasteiger partial charge in [-0.1, -0.05) is 81.0 Å². The molecule has 0 spiro atoms. The summed E-state index contributed by atoms with van der Waals surface area (Å²) < 4.78 is 13.2. The molecule has 2 saturated carbocycles. The van der Waals surface area contributed by atoms with Gasteiger partial charge in [0.25, 0.3) is 5.91 Å². The van der Waals surface area contributed by atoms with E-state index in [9.17, 15) is 4.79 Å². The lowest BCUT2D eigenvalue weighted by molar-refractivity contribution is -0.124. The van der Waals surface area contributed by atoms with Crippen molar-refractivity contribution in [1.29, 1.82) is 0 Å². The van der Waals surface area contributed by atoms with Gasteiger partial charge in [-0.05, 0) is 100 Å². The van der Waals surface area contributed by atoms with Gasteiger partial charge in [-0.15, -0.1) is 0 Å². The van der Waals surface area contributed by atoms with Crippen LogP contribution in [0, 0.1) is 0 Å². The smallest absolute Gasteiger partial charge is 0.266 e. The predicted octanol–water partition coefficient (Wildman–Crippen LogP) is 9.52. The average Bonchev–Trinajstić information content (AvgIpc) is 3.31. The molecule has 3 fully saturated rings. The second kappa shape index (κ2) is 13.7. The van der Waals surface area contributed by atoms with Crippen LogP contribution in [0.5, 0.6) is 11.5 Å². The average molecular weight is 648 g/mol. The molecule has 3 aromatic carbocycles. The summed E-state index contributed by atoms with van der Waals surface area (Å²) in [4.78, 5) is 21.8. The quantitative estimate of drug-likeness (QED) is 0.229. The fourth-order valence-electron chi connectivity index (χ4n) is 6.40. The lowest BCUT2D eigenvalue weighted by Gasteiger charge is -2.31. The monoisotopic (exact) mass is 646 g/mol. The first-order valence-electron chi connectivity index (χ1n) is 15.5. The summed E-state index contributed by atoms with van der Waals surface area (Å²) in [6, 6.07) is 19.2. The van der Waals surface area contributed by atoms with Crippen molar-refractivity contribution in [2.45, 2.75) is 89.8 Å². The topological polar surface area (TPSA) is 51.1 Å². The number of carbonyl (C=O) groups is 1. The van der Waals surface area contributed by atoms with E-state index < -0.39 is 0 Å². The molecule has 0 unspecified atom stereocenters. The van der Waals surface area contributed by atoms with Gasteiger partial charge >= 0.3 is 0 Å². The number of ether oxygens (including phenoxy) is 2. The first-order chi connectivity index (χ1) is 20.6. The number of nitrogens with zero attached hydrogens (tertiary/aromatic N) is 2. The van der Waals surface area contributed by atoms with Gasteiger partial charge < -0.3 is 9.47 Å². The molecule has 3 aliphatic rings. The van der Waals surface area contributed by atoms with Gasteiger partial charge in [0.05, 0.1) is 22.0 Å². The van der Waals surface area contributed by atoms with Crippen LogP contribution in [0.15, 0.2) is 69.0 Å². The van der Waals surface area contributed by atoms with Crippen LogP contribution in [0.3, 0.4) is 0 Å². The Hall–Kier alpha value is -2.77. The zero-order valence-corrected chi connectivity index (χ0v) is 26.7. The van der Waals surface area contributed by atoms with Gasteiger partial charge in [0.2, 0.25) is 0 Å². The maximum atomic E-state index is 13.9. The summed E-state index contributed by atoms with van der Waals surface area (Å²) in [5.41, 5.74) is 2.02. The number of fused-ring (bicyclic) bond motifs is 1. The second-order valence-electron chi connectivity index (χ2n) is 11.5. The van der Waals surface area contributed by atoms with Crippen LogP contribution in [0.25, 0.3) is 16.8 Å². The zero-order valence-electron chi connectivity index (χ0n) is 24.3. The Morgan fingerprint density at radius 3 is 2.48 bits per heavy atom. The van der Waals surface area contributed by atoms with E-state index in [4.69, 9.17) is 14.5 Å². The highest BCUT2D eigenvalue weighted by Crippen LogP contribution is 2.42. The number of benzene rings is 3. The molecule has 3 aromatic rings. The fourth-order valence-corrected chi connectivity index (χ4v) is 8.08. The normalized spacial score (nSPS) is 20.6. The minimum Gasteiger partial charge on any atom is -0.490 e. The van der Waals surface area contributed by atoms with E-state index in [0.717, 1.165) is 51.4 Å². The van der Waals surface area contributed by atoms with Gasteiger partial charge in [0.1, 0.15) is 6.61 Å². The van der Waals surface area contributed by atoms with Crippen molar-refractivity contribution >= 4 is 55.6 Å². The number of rotatable bonds is 8. The molecule has 0 atom stereocenters. The lowest BCUT2D eigenvalue weighted by atomic mass is 9.94. The van der Waals surface area contributed by atoms with Crippen molar-refractivity contribution in [3.05, 3.63) is 75.1 Å². The number of amidine groups is 1. The van der Waals surface area contributed by atoms with E-state index >= 15 is 0 Å². The summed E-state index contributed by atoms with van der Waals surface area (Å²) >= 11 is 5.29. The highest BCUT2D eigenvalue weighted by molar-refractivity contribution is 9.10. The number of carbonyl (C=O) groups excluding carboxylic acids is 1. The maximum absolute atomic E-state index is 13.9. The maximum Gasteiger partial charge on any atom is 0.266 e. The van der Waals surface area contributed by atoms with E-state index in [1.807, 2.05) is 30.0 Å². The molecular weight excluding hydrogens is 608 g/mol. The highest BCUT2D eigenvalue weighted by Gasteiger charge is 2.39. The van der Waals surface area contributed by atoms with Crippen LogP contribution in [-0.2, 0) is 11.4 Å². The van der Waals surface area contributed by atoms with Crippen molar-refractivity contribution in [2.24, 2.45) is 4.99 Å². The molecule has 5 nitrogen and oxygen atoms in total. The van der Waals surface area contributed by atoms with Crippen molar-refractivity contribution < 1.29 is 14.3 Å². The number of halogens is 1. The highest BCUT2D eigenvalue weighted by atomic mass is 79.9. The third-order valence-electron chi connectivity index (χ3n) is 8.53. The Morgan fingerprint density at radius 2 is 1.69 bits per heavy atom. The van der Waals surface area contributed by atoms with Crippen LogP contribution in [0.2, 0.25) is 0 Å². The molecule has 42 heavy (non-hydrogen) atoms. The first-order valence-corrected chi connectivity index (χ1v) is 17.1. The number of hydrogen-bond donors (Lipinski definition) is 0. The Kier molecular flexibility index (Phi) is 9.55. The molecule has 0 aromatic heterocycles. The number of thioether (sulfide) groups is 1. The van der Waals surface area contributed by atoms with Crippen molar-refractivity contribution in [1.82, 2.24) is 4.90 Å². The summed E-state index contributed by atoms with van der Waals surface area (Å²) in [6.45, 7) is 2.91. The van der Waals surface area contributed by atoms with Crippen LogP contribution >= 0.6 is 27.7 Å². The summed E-state index contributed by atoms with van der Waals surface area (Å²) in [5, 5.41) is 3.28. The molecule has 1 amide bonds. The van der Waals surface area contributed by atoms with E-state index in [2.05, 4.69) is 58.4 Å². The van der Waals surface area contributed by atoms with Gasteiger partial charge in [0, 0.05) is 6.04 Å². The molecule has 0 bridgehead atoms. The number of hydrogen-bond acceptors (Lipinski definition) is 5. The lowest BCUT2D eigenvalue weighted by Crippen LogP contribution is -2.41. The molecule has 2 aliphatic carbocycles. The van der Waals surface area contributed by atoms with Gasteiger partial charge in [-0.2, -0.15) is 0 Å². The number of aliphatic imine (C=N–C) groups is 1. The van der Waals surface area contributed by atoms with Crippen molar-refractivity contribution in [3.8, 4) is 11.5 Å². The van der Waals surface area contributed by atoms with E-state index in [-0.39, 0.29) is 11.9 Å². The summed E-state index contributed by atoms with van der Waals surface area (Å²) in [6.07, 6.45) is 13.7. The summed E-state index contributed by atoms with van der Waals surface area (Å²) in [5.74, 6) is 1.42. The molecule has 1 heterocycles. The molecule has 6 rings (SSSR count). The molecule has 220 valence electrons. The molecule has 1 aliphatic heterocycles. The first kappa shape index (κ1) is 29.3. The minimum absolute atomic E-state index is 0.0897. The second-order valence-corrected chi connectivity index (χ2v) is 13.3.